The molecule has 0 spiro atoms. The molecule has 1 aromatic carbocycles. The third-order valence-electron chi connectivity index (χ3n) is 1.80. The van der Waals surface area contributed by atoms with Crippen LogP contribution in [0.25, 0.3) is 0 Å². The molecule has 0 aromatic heterocycles. The molecule has 3 nitrogen and oxygen atoms in total. The van der Waals surface area contributed by atoms with Crippen LogP contribution in [0.5, 0.6) is 5.75 Å². The van der Waals surface area contributed by atoms with Crippen molar-refractivity contribution in [3.05, 3.63) is 23.8 Å². The molecule has 0 aliphatic heterocycles. The second-order valence-corrected chi connectivity index (χ2v) is 3.38. The molecule has 1 N–H and O–H groups in total. The number of carbonyl (C=O) groups excluding carboxylic acids is 1. The summed E-state index contributed by atoms with van der Waals surface area (Å²) in [5.74, 6) is 0.715. The molecule has 16 heavy (non-hydrogen) atoms. The van der Waals surface area contributed by atoms with Crippen molar-refractivity contribution < 1.29 is 9.53 Å². The van der Waals surface area contributed by atoms with Crippen molar-refractivity contribution in [1.82, 2.24) is 0 Å². The molecule has 0 saturated carbocycles. The predicted octanol–water partition coefficient (Wildman–Crippen LogP) is 3.38. The van der Waals surface area contributed by atoms with Gasteiger partial charge in [0.25, 0.3) is 0 Å². The van der Waals surface area contributed by atoms with Gasteiger partial charge in [0.1, 0.15) is 5.75 Å². The quantitative estimate of drug-likeness (QED) is 0.795. The lowest BCUT2D eigenvalue weighted by Gasteiger charge is -2.14. The summed E-state index contributed by atoms with van der Waals surface area (Å²) >= 11 is 0. The van der Waals surface area contributed by atoms with Gasteiger partial charge in [-0.1, -0.05) is 26.0 Å². The van der Waals surface area contributed by atoms with Crippen molar-refractivity contribution in [2.24, 2.45) is 0 Å². The topological polar surface area (TPSA) is 38.3 Å². The smallest absolute Gasteiger partial charge is 0.211 e. The van der Waals surface area contributed by atoms with Crippen LogP contribution >= 0.6 is 0 Å². The Morgan fingerprint density at radius 3 is 2.44 bits per heavy atom. The number of nitrogens with one attached hydrogen (secondary N) is 1. The van der Waals surface area contributed by atoms with Crippen LogP contribution in [0.15, 0.2) is 18.2 Å². The van der Waals surface area contributed by atoms with Crippen LogP contribution in [0.3, 0.4) is 0 Å². The van der Waals surface area contributed by atoms with Gasteiger partial charge >= 0.3 is 0 Å². The molecule has 0 heterocycles. The highest BCUT2D eigenvalue weighted by Gasteiger charge is 2.06. The van der Waals surface area contributed by atoms with E-state index in [9.17, 15) is 4.79 Å². The summed E-state index contributed by atoms with van der Waals surface area (Å²) in [6.45, 7) is 9.83. The van der Waals surface area contributed by atoms with Crippen LogP contribution in [-0.2, 0) is 4.79 Å². The van der Waals surface area contributed by atoms with Gasteiger partial charge in [-0.05, 0) is 32.4 Å². The lowest BCUT2D eigenvalue weighted by molar-refractivity contribution is -0.105. The fourth-order valence-corrected chi connectivity index (χ4v) is 1.24. The monoisotopic (exact) mass is 223 g/mol. The summed E-state index contributed by atoms with van der Waals surface area (Å²) in [6.07, 6.45) is 0.763. The molecular weight excluding hydrogens is 202 g/mol. The van der Waals surface area contributed by atoms with E-state index < -0.39 is 0 Å². The van der Waals surface area contributed by atoms with Gasteiger partial charge in [0.05, 0.1) is 11.8 Å². The number of ether oxygens (including phenoxy) is 1. The molecule has 0 aliphatic rings. The van der Waals surface area contributed by atoms with Crippen molar-refractivity contribution in [3.8, 4) is 5.75 Å². The molecule has 0 bridgehead atoms. The Morgan fingerprint density at radius 1 is 1.31 bits per heavy atom. The number of para-hydroxylation sites is 1. The van der Waals surface area contributed by atoms with E-state index in [0.29, 0.717) is 12.2 Å². The zero-order valence-corrected chi connectivity index (χ0v) is 10.7. The minimum Gasteiger partial charge on any atom is -0.489 e. The number of hydrogen-bond acceptors (Lipinski definition) is 2. The highest BCUT2D eigenvalue weighted by atomic mass is 16.5. The summed E-state index contributed by atoms with van der Waals surface area (Å²) in [5, 5.41) is 2.64. The number of carbonyl (C=O) groups is 1. The summed E-state index contributed by atoms with van der Waals surface area (Å²) in [5.41, 5.74) is 1.74. The molecule has 0 radical (unpaired) electrons. The van der Waals surface area contributed by atoms with Crippen LogP contribution < -0.4 is 10.1 Å². The average molecular weight is 223 g/mol. The van der Waals surface area contributed by atoms with Crippen LogP contribution in [-0.4, -0.2) is 12.5 Å². The molecule has 0 unspecified atom stereocenters. The van der Waals surface area contributed by atoms with E-state index in [1.807, 2.05) is 52.8 Å². The third-order valence-corrected chi connectivity index (χ3v) is 1.80. The number of hydrogen-bond donors (Lipinski definition) is 1. The molecule has 1 rings (SSSR count). The Morgan fingerprint density at radius 2 is 1.94 bits per heavy atom. The van der Waals surface area contributed by atoms with Gasteiger partial charge in [0, 0.05) is 0 Å². The van der Waals surface area contributed by atoms with Gasteiger partial charge in [-0.3, -0.25) is 4.79 Å². The van der Waals surface area contributed by atoms with E-state index in [1.54, 1.807) is 0 Å². The Labute approximate surface area is 97.8 Å². The highest BCUT2D eigenvalue weighted by Crippen LogP contribution is 2.28. The van der Waals surface area contributed by atoms with E-state index in [1.165, 1.54) is 0 Å². The van der Waals surface area contributed by atoms with Crippen LogP contribution in [0, 0.1) is 6.92 Å². The predicted molar refractivity (Wildman–Crippen MR) is 68.0 cm³/mol. The lowest BCUT2D eigenvalue weighted by atomic mass is 10.2. The summed E-state index contributed by atoms with van der Waals surface area (Å²) in [4.78, 5) is 10.4. The van der Waals surface area contributed by atoms with Crippen LogP contribution in [0.2, 0.25) is 0 Å². The maximum absolute atomic E-state index is 10.4. The molecule has 1 amide bonds. The van der Waals surface area contributed by atoms with Crippen molar-refractivity contribution in [1.29, 1.82) is 0 Å². The molecule has 1 aromatic rings. The SMILES string of the molecule is CC.Cc1cccc(OC(C)C)c1NC=O. The fraction of sp³-hybridized carbons (Fsp3) is 0.462. The minimum atomic E-state index is 0.101. The highest BCUT2D eigenvalue weighted by molar-refractivity contribution is 5.77. The van der Waals surface area contributed by atoms with Crippen molar-refractivity contribution in [3.63, 3.8) is 0 Å². The first-order chi connectivity index (χ1) is 7.65. The normalized spacial score (nSPS) is 9.12. The van der Waals surface area contributed by atoms with Crippen molar-refractivity contribution in [2.45, 2.75) is 40.7 Å². The summed E-state index contributed by atoms with van der Waals surface area (Å²) in [6, 6.07) is 5.68. The second-order valence-electron chi connectivity index (χ2n) is 3.38. The Kier molecular flexibility index (Phi) is 7.01. The standard InChI is InChI=1S/C11H15NO2.C2H6/c1-8(2)14-10-6-4-5-9(3)11(10)12-7-13;1-2/h4-8H,1-3H3,(H,12,13);1-2H3. The zero-order chi connectivity index (χ0) is 12.6. The number of rotatable bonds is 4. The fourth-order valence-electron chi connectivity index (χ4n) is 1.24. The van der Waals surface area contributed by atoms with E-state index in [2.05, 4.69) is 5.32 Å². The zero-order valence-electron chi connectivity index (χ0n) is 10.7. The minimum absolute atomic E-state index is 0.101. The first kappa shape index (κ1) is 14.5. The third kappa shape index (κ3) is 4.34. The molecule has 3 heteroatoms. The molecule has 0 aliphatic carbocycles. The Bertz CT molecular complexity index is 322. The molecule has 0 atom stereocenters. The van der Waals surface area contributed by atoms with Crippen LogP contribution in [0.1, 0.15) is 33.3 Å². The van der Waals surface area contributed by atoms with Crippen molar-refractivity contribution >= 4 is 12.1 Å². The molecule has 0 saturated heterocycles. The van der Waals surface area contributed by atoms with E-state index in [-0.39, 0.29) is 6.10 Å². The summed E-state index contributed by atoms with van der Waals surface area (Å²) in [7, 11) is 0. The Hall–Kier alpha value is -1.51. The van der Waals surface area contributed by atoms with Crippen molar-refractivity contribution in [2.75, 3.05) is 5.32 Å². The van der Waals surface area contributed by atoms with Crippen LogP contribution in [0.4, 0.5) is 5.69 Å². The van der Waals surface area contributed by atoms with Gasteiger partial charge in [-0.25, -0.2) is 0 Å². The van der Waals surface area contributed by atoms with E-state index in [4.69, 9.17) is 4.74 Å². The maximum atomic E-state index is 10.4. The summed E-state index contributed by atoms with van der Waals surface area (Å²) < 4.78 is 5.56. The largest absolute Gasteiger partial charge is 0.489 e. The second kappa shape index (κ2) is 7.74. The van der Waals surface area contributed by atoms with Gasteiger partial charge < -0.3 is 10.1 Å². The number of anilines is 1. The average Bonchev–Trinajstić information content (AvgIpc) is 2.25. The maximum Gasteiger partial charge on any atom is 0.211 e. The molecule has 90 valence electrons. The first-order valence-corrected chi connectivity index (χ1v) is 5.61. The number of aryl methyl sites for hydroxylation is 1. The van der Waals surface area contributed by atoms with Gasteiger partial charge in [0.15, 0.2) is 0 Å². The van der Waals surface area contributed by atoms with Gasteiger partial charge in [0.2, 0.25) is 6.41 Å². The van der Waals surface area contributed by atoms with Gasteiger partial charge in [-0.2, -0.15) is 0 Å². The number of amides is 1. The first-order valence-electron chi connectivity index (χ1n) is 5.61. The number of benzene rings is 1. The lowest BCUT2D eigenvalue weighted by Crippen LogP contribution is -2.08. The van der Waals surface area contributed by atoms with E-state index in [0.717, 1.165) is 11.3 Å². The molecule has 0 fully saturated rings. The van der Waals surface area contributed by atoms with Gasteiger partial charge in [-0.15, -0.1) is 0 Å². The Balaban J connectivity index is 0.00000106. The molecular formula is C13H21NO2. The van der Waals surface area contributed by atoms with E-state index >= 15 is 0 Å².